The number of benzene rings is 1. The van der Waals surface area contributed by atoms with Gasteiger partial charge in [0.1, 0.15) is 11.5 Å². The van der Waals surface area contributed by atoms with Crippen LogP contribution in [0.15, 0.2) is 48.8 Å². The van der Waals surface area contributed by atoms with E-state index in [-0.39, 0.29) is 11.7 Å². The Morgan fingerprint density at radius 1 is 1.15 bits per heavy atom. The summed E-state index contributed by atoms with van der Waals surface area (Å²) < 4.78 is 16.1. The number of aromatic nitrogens is 2. The highest BCUT2D eigenvalue weighted by atomic mass is 19.1. The molecule has 0 atom stereocenters. The molecular formula is C22H24FN3O. The zero-order valence-corrected chi connectivity index (χ0v) is 15.9. The molecule has 140 valence electrons. The third-order valence-corrected chi connectivity index (χ3v) is 4.98. The van der Waals surface area contributed by atoms with Crippen LogP contribution in [0.5, 0.6) is 0 Å². The van der Waals surface area contributed by atoms with Crippen LogP contribution >= 0.6 is 0 Å². The van der Waals surface area contributed by atoms with E-state index in [9.17, 15) is 9.18 Å². The number of nitrogens with one attached hydrogen (secondary N) is 1. The van der Waals surface area contributed by atoms with Crippen LogP contribution in [-0.4, -0.2) is 15.5 Å². The van der Waals surface area contributed by atoms with Crippen LogP contribution in [0.1, 0.15) is 45.4 Å². The third-order valence-electron chi connectivity index (χ3n) is 4.98. The van der Waals surface area contributed by atoms with E-state index in [0.29, 0.717) is 24.3 Å². The van der Waals surface area contributed by atoms with Crippen LogP contribution in [0.3, 0.4) is 0 Å². The highest BCUT2D eigenvalue weighted by Gasteiger charge is 2.22. The Bertz CT molecular complexity index is 948. The zero-order chi connectivity index (χ0) is 19.4. The molecule has 0 bridgehead atoms. The van der Waals surface area contributed by atoms with E-state index < -0.39 is 0 Å². The lowest BCUT2D eigenvalue weighted by molar-refractivity contribution is 0.0941. The summed E-state index contributed by atoms with van der Waals surface area (Å²) in [5.74, 6) is -0.409. The lowest BCUT2D eigenvalue weighted by Crippen LogP contribution is -2.27. The van der Waals surface area contributed by atoms with Crippen molar-refractivity contribution in [2.24, 2.45) is 0 Å². The molecule has 1 amide bonds. The molecule has 27 heavy (non-hydrogen) atoms. The minimum Gasteiger partial charge on any atom is -0.347 e. The first-order chi connectivity index (χ1) is 13.0. The summed E-state index contributed by atoms with van der Waals surface area (Å²) >= 11 is 0. The molecule has 0 spiro atoms. The molecule has 1 N–H and O–H groups in total. The average molecular weight is 365 g/mol. The number of amides is 1. The average Bonchev–Trinajstić information content (AvgIpc) is 2.92. The Hall–Kier alpha value is -2.95. The molecule has 2 aromatic heterocycles. The number of rotatable bonds is 6. The van der Waals surface area contributed by atoms with Crippen LogP contribution < -0.4 is 5.32 Å². The second-order valence-electron chi connectivity index (χ2n) is 6.61. The molecule has 0 radical (unpaired) electrons. The molecular weight excluding hydrogens is 341 g/mol. The SMILES string of the molecule is CCc1c(C)c(C(=O)NCc2ccncc2)n(Cc2ccccc2F)c1C. The predicted molar refractivity (Wildman–Crippen MR) is 104 cm³/mol. The van der Waals surface area contributed by atoms with Gasteiger partial charge in [0.25, 0.3) is 5.91 Å². The van der Waals surface area contributed by atoms with Gasteiger partial charge in [0.05, 0.1) is 6.54 Å². The van der Waals surface area contributed by atoms with Gasteiger partial charge in [-0.25, -0.2) is 4.39 Å². The molecule has 0 unspecified atom stereocenters. The van der Waals surface area contributed by atoms with Crippen molar-refractivity contribution in [3.8, 4) is 0 Å². The highest BCUT2D eigenvalue weighted by Crippen LogP contribution is 2.25. The fraction of sp³-hybridized carbons (Fsp3) is 0.273. The van der Waals surface area contributed by atoms with Gasteiger partial charge in [0.2, 0.25) is 0 Å². The lowest BCUT2D eigenvalue weighted by Gasteiger charge is -2.13. The molecule has 3 rings (SSSR count). The number of halogens is 1. The Kier molecular flexibility index (Phi) is 5.69. The minimum absolute atomic E-state index is 0.150. The first kappa shape index (κ1) is 18.8. The van der Waals surface area contributed by atoms with Crippen LogP contribution in [0.4, 0.5) is 4.39 Å². The summed E-state index contributed by atoms with van der Waals surface area (Å²) in [4.78, 5) is 17.0. The van der Waals surface area contributed by atoms with Crippen molar-refractivity contribution in [2.75, 3.05) is 0 Å². The molecule has 0 aliphatic carbocycles. The van der Waals surface area contributed by atoms with Gasteiger partial charge in [-0.05, 0) is 55.2 Å². The third kappa shape index (κ3) is 3.92. The summed E-state index contributed by atoms with van der Waals surface area (Å²) in [5.41, 5.74) is 5.25. The number of carbonyl (C=O) groups excluding carboxylic acids is 1. The minimum atomic E-state index is -0.260. The summed E-state index contributed by atoms with van der Waals surface area (Å²) in [7, 11) is 0. The van der Waals surface area contributed by atoms with E-state index >= 15 is 0 Å². The normalized spacial score (nSPS) is 10.8. The van der Waals surface area contributed by atoms with Gasteiger partial charge in [-0.1, -0.05) is 25.1 Å². The number of hydrogen-bond donors (Lipinski definition) is 1. The topological polar surface area (TPSA) is 46.9 Å². The standard InChI is InChI=1S/C22H24FN3O/c1-4-19-15(2)21(22(27)25-13-17-9-11-24-12-10-17)26(16(19)3)14-18-7-5-6-8-20(18)23/h5-12H,4,13-14H2,1-3H3,(H,25,27). The molecule has 0 aliphatic heterocycles. The summed E-state index contributed by atoms with van der Waals surface area (Å²) in [6.45, 7) is 6.78. The first-order valence-electron chi connectivity index (χ1n) is 9.12. The van der Waals surface area contributed by atoms with Crippen molar-refractivity contribution < 1.29 is 9.18 Å². The predicted octanol–water partition coefficient (Wildman–Crippen LogP) is 4.18. The second-order valence-corrected chi connectivity index (χ2v) is 6.61. The molecule has 0 saturated heterocycles. The second kappa shape index (κ2) is 8.16. The van der Waals surface area contributed by atoms with Crippen LogP contribution in [0.25, 0.3) is 0 Å². The van der Waals surface area contributed by atoms with Crippen molar-refractivity contribution in [3.63, 3.8) is 0 Å². The molecule has 1 aromatic carbocycles. The summed E-state index contributed by atoms with van der Waals surface area (Å²) in [6.07, 6.45) is 4.23. The summed E-state index contributed by atoms with van der Waals surface area (Å²) in [5, 5.41) is 2.98. The zero-order valence-electron chi connectivity index (χ0n) is 15.9. The Morgan fingerprint density at radius 2 is 1.85 bits per heavy atom. The van der Waals surface area contributed by atoms with Crippen LogP contribution in [0.2, 0.25) is 0 Å². The number of pyridine rings is 1. The fourth-order valence-electron chi connectivity index (χ4n) is 3.52. The fourth-order valence-corrected chi connectivity index (χ4v) is 3.52. The van der Waals surface area contributed by atoms with Crippen LogP contribution in [0, 0.1) is 19.7 Å². The van der Waals surface area contributed by atoms with Crippen molar-refractivity contribution in [2.45, 2.75) is 40.3 Å². The largest absolute Gasteiger partial charge is 0.347 e. The molecule has 3 aromatic rings. The van der Waals surface area contributed by atoms with E-state index in [1.165, 1.54) is 6.07 Å². The van der Waals surface area contributed by atoms with Crippen LogP contribution in [-0.2, 0) is 19.5 Å². The van der Waals surface area contributed by atoms with Gasteiger partial charge in [0, 0.05) is 30.2 Å². The molecule has 4 nitrogen and oxygen atoms in total. The highest BCUT2D eigenvalue weighted by molar-refractivity contribution is 5.95. The molecule has 0 saturated carbocycles. The maximum absolute atomic E-state index is 14.2. The van der Waals surface area contributed by atoms with E-state index in [0.717, 1.165) is 28.8 Å². The van der Waals surface area contributed by atoms with Crippen molar-refractivity contribution in [1.82, 2.24) is 14.9 Å². The Balaban J connectivity index is 1.93. The molecule has 2 heterocycles. The van der Waals surface area contributed by atoms with Crippen molar-refractivity contribution >= 4 is 5.91 Å². The van der Waals surface area contributed by atoms with Crippen molar-refractivity contribution in [3.05, 3.63) is 88.3 Å². The Morgan fingerprint density at radius 3 is 2.52 bits per heavy atom. The molecule has 0 fully saturated rings. The summed E-state index contributed by atoms with van der Waals surface area (Å²) in [6, 6.07) is 10.4. The molecule has 5 heteroatoms. The molecule has 0 aliphatic rings. The lowest BCUT2D eigenvalue weighted by atomic mass is 10.1. The maximum Gasteiger partial charge on any atom is 0.268 e. The van der Waals surface area contributed by atoms with E-state index in [1.54, 1.807) is 24.5 Å². The van der Waals surface area contributed by atoms with Crippen molar-refractivity contribution in [1.29, 1.82) is 0 Å². The Labute approximate surface area is 159 Å². The van der Waals surface area contributed by atoms with Gasteiger partial charge < -0.3 is 9.88 Å². The van der Waals surface area contributed by atoms with Gasteiger partial charge in [-0.2, -0.15) is 0 Å². The quantitative estimate of drug-likeness (QED) is 0.712. The number of nitrogens with zero attached hydrogens (tertiary/aromatic N) is 2. The van der Waals surface area contributed by atoms with Gasteiger partial charge in [-0.3, -0.25) is 9.78 Å². The monoisotopic (exact) mass is 365 g/mol. The van der Waals surface area contributed by atoms with E-state index in [1.807, 2.05) is 36.6 Å². The van der Waals surface area contributed by atoms with E-state index in [2.05, 4.69) is 17.2 Å². The van der Waals surface area contributed by atoms with Gasteiger partial charge in [0.15, 0.2) is 0 Å². The van der Waals surface area contributed by atoms with Gasteiger partial charge >= 0.3 is 0 Å². The number of carbonyl (C=O) groups is 1. The van der Waals surface area contributed by atoms with Gasteiger partial charge in [-0.15, -0.1) is 0 Å². The van der Waals surface area contributed by atoms with E-state index in [4.69, 9.17) is 0 Å². The smallest absolute Gasteiger partial charge is 0.268 e. The first-order valence-corrected chi connectivity index (χ1v) is 9.12. The maximum atomic E-state index is 14.2. The number of hydrogen-bond acceptors (Lipinski definition) is 2.